The lowest BCUT2D eigenvalue weighted by atomic mass is 9.90. The van der Waals surface area contributed by atoms with Crippen molar-refractivity contribution in [1.29, 1.82) is 0 Å². The van der Waals surface area contributed by atoms with Crippen LogP contribution in [0.25, 0.3) is 0 Å². The summed E-state index contributed by atoms with van der Waals surface area (Å²) in [6.07, 6.45) is -4.27. The highest BCUT2D eigenvalue weighted by Crippen LogP contribution is 2.41. The van der Waals surface area contributed by atoms with Gasteiger partial charge in [0, 0.05) is 32.8 Å². The van der Waals surface area contributed by atoms with Crippen molar-refractivity contribution in [2.75, 3.05) is 32.8 Å². The fraction of sp³-hybridized carbons (Fsp3) is 1.00. The van der Waals surface area contributed by atoms with Gasteiger partial charge in [-0.1, -0.05) is 0 Å². The normalized spacial score (nSPS) is 22.3. The van der Waals surface area contributed by atoms with E-state index in [0.717, 1.165) is 0 Å². The van der Waals surface area contributed by atoms with Crippen molar-refractivity contribution in [2.45, 2.75) is 31.5 Å². The highest BCUT2D eigenvalue weighted by Gasteiger charge is 2.56. The molecule has 0 aliphatic carbocycles. The Morgan fingerprint density at radius 2 is 1.88 bits per heavy atom. The minimum atomic E-state index is -4.28. The standard InChI is InChI=1S/C10H19F3N2O/c1-2-16-9(10(11,12)13)3-6-15(7-4-9)8-5-14/h2-8,14H2,1H3. The van der Waals surface area contributed by atoms with Gasteiger partial charge in [-0.2, -0.15) is 13.2 Å². The van der Waals surface area contributed by atoms with Gasteiger partial charge in [-0.15, -0.1) is 0 Å². The quantitative estimate of drug-likeness (QED) is 0.806. The van der Waals surface area contributed by atoms with Crippen LogP contribution >= 0.6 is 0 Å². The minimum Gasteiger partial charge on any atom is -0.366 e. The van der Waals surface area contributed by atoms with Crippen LogP contribution in [-0.2, 0) is 4.74 Å². The topological polar surface area (TPSA) is 38.5 Å². The maximum absolute atomic E-state index is 12.9. The van der Waals surface area contributed by atoms with E-state index in [1.807, 2.05) is 4.90 Å². The first-order valence-electron chi connectivity index (χ1n) is 5.58. The molecule has 0 saturated carbocycles. The van der Waals surface area contributed by atoms with Crippen LogP contribution in [0.1, 0.15) is 19.8 Å². The highest BCUT2D eigenvalue weighted by atomic mass is 19.4. The lowest BCUT2D eigenvalue weighted by Crippen LogP contribution is -2.55. The molecule has 1 aliphatic heterocycles. The smallest absolute Gasteiger partial charge is 0.366 e. The summed E-state index contributed by atoms with van der Waals surface area (Å²) in [5.41, 5.74) is 3.44. The van der Waals surface area contributed by atoms with E-state index in [9.17, 15) is 13.2 Å². The van der Waals surface area contributed by atoms with Gasteiger partial charge in [-0.05, 0) is 19.8 Å². The van der Waals surface area contributed by atoms with Gasteiger partial charge in [-0.3, -0.25) is 0 Å². The van der Waals surface area contributed by atoms with Crippen molar-refractivity contribution >= 4 is 0 Å². The first-order chi connectivity index (χ1) is 7.45. The number of nitrogens with zero attached hydrogens (tertiary/aromatic N) is 1. The van der Waals surface area contributed by atoms with Crippen LogP contribution in [0.4, 0.5) is 13.2 Å². The Morgan fingerprint density at radius 3 is 2.25 bits per heavy atom. The molecule has 16 heavy (non-hydrogen) atoms. The zero-order valence-electron chi connectivity index (χ0n) is 9.52. The van der Waals surface area contributed by atoms with Crippen LogP contribution in [0.15, 0.2) is 0 Å². The summed E-state index contributed by atoms with van der Waals surface area (Å²) >= 11 is 0. The molecular weight excluding hydrogens is 221 g/mol. The number of piperidine rings is 1. The van der Waals surface area contributed by atoms with Gasteiger partial charge in [0.15, 0.2) is 5.60 Å². The zero-order chi connectivity index (χ0) is 12.2. The molecule has 0 amide bonds. The molecule has 0 aromatic carbocycles. The molecule has 1 fully saturated rings. The van der Waals surface area contributed by atoms with Crippen molar-refractivity contribution in [3.8, 4) is 0 Å². The number of hydrogen-bond acceptors (Lipinski definition) is 3. The number of likely N-dealkylation sites (tertiary alicyclic amines) is 1. The van der Waals surface area contributed by atoms with Gasteiger partial charge in [-0.25, -0.2) is 0 Å². The van der Waals surface area contributed by atoms with Gasteiger partial charge < -0.3 is 15.4 Å². The third kappa shape index (κ3) is 2.87. The fourth-order valence-corrected chi connectivity index (χ4v) is 2.11. The number of rotatable bonds is 4. The molecule has 0 aromatic heterocycles. The molecule has 6 heteroatoms. The summed E-state index contributed by atoms with van der Waals surface area (Å²) < 4.78 is 43.8. The van der Waals surface area contributed by atoms with Crippen molar-refractivity contribution < 1.29 is 17.9 Å². The molecule has 0 atom stereocenters. The fourth-order valence-electron chi connectivity index (χ4n) is 2.11. The average Bonchev–Trinajstić information content (AvgIpc) is 2.20. The number of ether oxygens (including phenoxy) is 1. The third-order valence-corrected chi connectivity index (χ3v) is 3.05. The summed E-state index contributed by atoms with van der Waals surface area (Å²) in [5, 5.41) is 0. The van der Waals surface area contributed by atoms with Crippen LogP contribution in [0, 0.1) is 0 Å². The molecular formula is C10H19F3N2O. The summed E-state index contributed by atoms with van der Waals surface area (Å²) in [5.74, 6) is 0. The number of alkyl halides is 3. The van der Waals surface area contributed by atoms with E-state index in [4.69, 9.17) is 10.5 Å². The molecule has 0 bridgehead atoms. The Bertz CT molecular complexity index is 213. The van der Waals surface area contributed by atoms with Gasteiger partial charge in [0.1, 0.15) is 0 Å². The van der Waals surface area contributed by atoms with E-state index in [1.54, 1.807) is 6.92 Å². The van der Waals surface area contributed by atoms with Crippen LogP contribution in [0.5, 0.6) is 0 Å². The number of hydrogen-bond donors (Lipinski definition) is 1. The second kappa shape index (κ2) is 5.33. The van der Waals surface area contributed by atoms with Crippen LogP contribution in [-0.4, -0.2) is 49.5 Å². The third-order valence-electron chi connectivity index (χ3n) is 3.05. The predicted molar refractivity (Wildman–Crippen MR) is 55.1 cm³/mol. The van der Waals surface area contributed by atoms with Crippen molar-refractivity contribution in [1.82, 2.24) is 4.90 Å². The van der Waals surface area contributed by atoms with Crippen molar-refractivity contribution in [3.63, 3.8) is 0 Å². The number of halogens is 3. The maximum Gasteiger partial charge on any atom is 0.417 e. The highest BCUT2D eigenvalue weighted by molar-refractivity contribution is 4.93. The summed E-state index contributed by atoms with van der Waals surface area (Å²) in [6.45, 7) is 3.62. The average molecular weight is 240 g/mol. The molecule has 3 nitrogen and oxygen atoms in total. The number of nitrogens with two attached hydrogens (primary N) is 1. The summed E-state index contributed by atoms with van der Waals surface area (Å²) in [4.78, 5) is 1.95. The zero-order valence-corrected chi connectivity index (χ0v) is 9.52. The first kappa shape index (κ1) is 13.7. The van der Waals surface area contributed by atoms with Gasteiger partial charge >= 0.3 is 6.18 Å². The van der Waals surface area contributed by atoms with Crippen molar-refractivity contribution in [2.24, 2.45) is 5.73 Å². The van der Waals surface area contributed by atoms with Gasteiger partial charge in [0.05, 0.1) is 0 Å². The van der Waals surface area contributed by atoms with Gasteiger partial charge in [0.25, 0.3) is 0 Å². The Kier molecular flexibility index (Phi) is 4.58. The molecule has 96 valence electrons. The Hall–Kier alpha value is -0.330. The Morgan fingerprint density at radius 1 is 1.31 bits per heavy atom. The van der Waals surface area contributed by atoms with Crippen LogP contribution in [0.3, 0.4) is 0 Å². The summed E-state index contributed by atoms with van der Waals surface area (Å²) in [6, 6.07) is 0. The lowest BCUT2D eigenvalue weighted by molar-refractivity contribution is -0.289. The van der Waals surface area contributed by atoms with Crippen LogP contribution < -0.4 is 5.73 Å². The molecule has 0 spiro atoms. The SMILES string of the molecule is CCOC1(C(F)(F)F)CCN(CCN)CC1. The van der Waals surface area contributed by atoms with E-state index in [-0.39, 0.29) is 19.4 Å². The second-order valence-electron chi connectivity index (χ2n) is 4.06. The predicted octanol–water partition coefficient (Wildman–Crippen LogP) is 1.38. The van der Waals surface area contributed by atoms with Gasteiger partial charge in [0.2, 0.25) is 0 Å². The molecule has 1 aliphatic rings. The van der Waals surface area contributed by atoms with E-state index < -0.39 is 11.8 Å². The van der Waals surface area contributed by atoms with Crippen molar-refractivity contribution in [3.05, 3.63) is 0 Å². The monoisotopic (exact) mass is 240 g/mol. The Balaban J connectivity index is 2.63. The molecule has 1 heterocycles. The second-order valence-corrected chi connectivity index (χ2v) is 4.06. The first-order valence-corrected chi connectivity index (χ1v) is 5.58. The minimum absolute atomic E-state index is 0.00431. The molecule has 0 unspecified atom stereocenters. The molecule has 1 rings (SSSR count). The molecule has 1 saturated heterocycles. The van der Waals surface area contributed by atoms with E-state index in [1.165, 1.54) is 0 Å². The molecule has 2 N–H and O–H groups in total. The molecule has 0 aromatic rings. The lowest BCUT2D eigenvalue weighted by Gasteiger charge is -2.42. The van der Waals surface area contributed by atoms with E-state index >= 15 is 0 Å². The van der Waals surface area contributed by atoms with E-state index in [0.29, 0.717) is 26.2 Å². The Labute approximate surface area is 93.7 Å². The summed E-state index contributed by atoms with van der Waals surface area (Å²) in [7, 11) is 0. The molecule has 0 radical (unpaired) electrons. The van der Waals surface area contributed by atoms with Crippen LogP contribution in [0.2, 0.25) is 0 Å². The maximum atomic E-state index is 12.9. The van der Waals surface area contributed by atoms with E-state index in [2.05, 4.69) is 0 Å². The largest absolute Gasteiger partial charge is 0.417 e.